The largest absolute Gasteiger partial charge is 0.490 e. The van der Waals surface area contributed by atoms with Gasteiger partial charge >= 0.3 is 0 Å². The quantitative estimate of drug-likeness (QED) is 0.723. The maximum atomic E-state index is 13.5. The van der Waals surface area contributed by atoms with E-state index in [-0.39, 0.29) is 10.8 Å². The molecule has 0 saturated heterocycles. The van der Waals surface area contributed by atoms with E-state index in [1.165, 1.54) is 6.07 Å². The summed E-state index contributed by atoms with van der Waals surface area (Å²) in [5, 5.41) is 9.69. The van der Waals surface area contributed by atoms with E-state index in [1.807, 2.05) is 0 Å². The fourth-order valence-corrected chi connectivity index (χ4v) is 1.71. The Morgan fingerprint density at radius 1 is 1.50 bits per heavy atom. The highest BCUT2D eigenvalue weighted by Gasteiger charge is 2.22. The van der Waals surface area contributed by atoms with Gasteiger partial charge in [0.15, 0.2) is 11.6 Å². The zero-order valence-electron chi connectivity index (χ0n) is 7.46. The Bertz CT molecular complexity index is 354. The molecule has 1 aromatic rings. The summed E-state index contributed by atoms with van der Waals surface area (Å²) in [4.78, 5) is 0. The van der Waals surface area contributed by atoms with E-state index >= 15 is 0 Å². The summed E-state index contributed by atoms with van der Waals surface area (Å²) < 4.78 is 18.7. The molecule has 0 fully saturated rings. The molecule has 0 amide bonds. The number of hydrogen-bond donors (Lipinski definition) is 1. The molecule has 1 unspecified atom stereocenters. The summed E-state index contributed by atoms with van der Waals surface area (Å²) in [6.45, 7) is 0.418. The monoisotopic (exact) mass is 216 g/mol. The molecule has 14 heavy (non-hydrogen) atoms. The second-order valence-electron chi connectivity index (χ2n) is 3.29. The Kier molecular flexibility index (Phi) is 2.61. The van der Waals surface area contributed by atoms with E-state index in [0.717, 1.165) is 0 Å². The highest BCUT2D eigenvalue weighted by Crippen LogP contribution is 2.36. The summed E-state index contributed by atoms with van der Waals surface area (Å²) in [6, 6.07) is 3.05. The molecule has 1 N–H and O–H groups in total. The minimum absolute atomic E-state index is 0.0258. The van der Waals surface area contributed by atoms with Crippen LogP contribution >= 0.6 is 11.6 Å². The third kappa shape index (κ3) is 1.57. The zero-order valence-corrected chi connectivity index (χ0v) is 8.22. The summed E-state index contributed by atoms with van der Waals surface area (Å²) in [6.07, 6.45) is 0.653. The van der Waals surface area contributed by atoms with Gasteiger partial charge in [-0.25, -0.2) is 4.39 Å². The lowest BCUT2D eigenvalue weighted by Crippen LogP contribution is -1.99. The lowest BCUT2D eigenvalue weighted by atomic mass is 10.1. The molecule has 1 aliphatic rings. The summed E-state index contributed by atoms with van der Waals surface area (Å²) in [5.74, 6) is -0.479. The number of ether oxygens (including phenoxy) is 1. The van der Waals surface area contributed by atoms with Crippen LogP contribution in [0.2, 0.25) is 5.02 Å². The van der Waals surface area contributed by atoms with Crippen LogP contribution in [0.1, 0.15) is 24.5 Å². The molecule has 1 aliphatic heterocycles. The molecular weight excluding hydrogens is 207 g/mol. The molecule has 2 rings (SSSR count). The van der Waals surface area contributed by atoms with Crippen LogP contribution in [0.4, 0.5) is 4.39 Å². The second kappa shape index (κ2) is 3.75. The minimum Gasteiger partial charge on any atom is -0.490 e. The molecule has 4 heteroatoms. The van der Waals surface area contributed by atoms with Crippen LogP contribution in [-0.2, 0) is 0 Å². The lowest BCUT2D eigenvalue weighted by molar-refractivity contribution is 0.167. The van der Waals surface area contributed by atoms with Crippen molar-refractivity contribution < 1.29 is 14.2 Å². The van der Waals surface area contributed by atoms with E-state index in [1.54, 1.807) is 6.07 Å². The molecule has 0 aromatic heterocycles. The van der Waals surface area contributed by atoms with Crippen molar-refractivity contribution in [2.45, 2.75) is 18.9 Å². The fourth-order valence-electron chi connectivity index (χ4n) is 1.56. The summed E-state index contributed by atoms with van der Waals surface area (Å²) >= 11 is 5.61. The van der Waals surface area contributed by atoms with Gasteiger partial charge in [0.2, 0.25) is 0 Å². The Morgan fingerprint density at radius 3 is 3.07 bits per heavy atom. The number of fused-ring (bicyclic) bond motifs is 1. The van der Waals surface area contributed by atoms with Gasteiger partial charge in [0.25, 0.3) is 0 Å². The smallest absolute Gasteiger partial charge is 0.183 e. The highest BCUT2D eigenvalue weighted by atomic mass is 35.5. The van der Waals surface area contributed by atoms with E-state index in [9.17, 15) is 9.50 Å². The van der Waals surface area contributed by atoms with Crippen LogP contribution in [0.15, 0.2) is 12.1 Å². The van der Waals surface area contributed by atoms with Gasteiger partial charge in [-0.15, -0.1) is 0 Å². The van der Waals surface area contributed by atoms with Gasteiger partial charge < -0.3 is 9.84 Å². The predicted molar refractivity (Wildman–Crippen MR) is 51.1 cm³/mol. The van der Waals surface area contributed by atoms with Crippen molar-refractivity contribution >= 4 is 11.6 Å². The first-order valence-corrected chi connectivity index (χ1v) is 4.86. The van der Waals surface area contributed by atoms with Crippen LogP contribution in [-0.4, -0.2) is 11.7 Å². The molecule has 2 nitrogen and oxygen atoms in total. The first-order chi connectivity index (χ1) is 6.70. The van der Waals surface area contributed by atoms with E-state index in [4.69, 9.17) is 16.3 Å². The van der Waals surface area contributed by atoms with Gasteiger partial charge in [0, 0.05) is 5.56 Å². The Labute approximate surface area is 86.3 Å². The lowest BCUT2D eigenvalue weighted by Gasteiger charge is -2.11. The fraction of sp³-hybridized carbons (Fsp3) is 0.400. The molecule has 1 aromatic carbocycles. The number of benzene rings is 1. The summed E-state index contributed by atoms with van der Waals surface area (Å²) in [7, 11) is 0. The van der Waals surface area contributed by atoms with E-state index in [0.29, 0.717) is 25.0 Å². The highest BCUT2D eigenvalue weighted by molar-refractivity contribution is 6.30. The summed E-state index contributed by atoms with van der Waals surface area (Å²) in [5.41, 5.74) is 0.490. The molecule has 0 aliphatic carbocycles. The van der Waals surface area contributed by atoms with Gasteiger partial charge in [-0.3, -0.25) is 0 Å². The third-order valence-electron chi connectivity index (χ3n) is 2.31. The average Bonchev–Trinajstić information content (AvgIpc) is 2.35. The molecule has 0 spiro atoms. The van der Waals surface area contributed by atoms with E-state index < -0.39 is 11.9 Å². The van der Waals surface area contributed by atoms with Gasteiger partial charge in [-0.1, -0.05) is 17.7 Å². The van der Waals surface area contributed by atoms with Crippen molar-refractivity contribution in [2.75, 3.05) is 6.61 Å². The Hall–Kier alpha value is -0.800. The van der Waals surface area contributed by atoms with Gasteiger partial charge in [0.05, 0.1) is 17.7 Å². The number of aliphatic hydroxyl groups is 1. The normalized spacial score (nSPS) is 20.9. The van der Waals surface area contributed by atoms with Crippen LogP contribution in [0.3, 0.4) is 0 Å². The molecule has 0 radical (unpaired) electrons. The number of hydrogen-bond acceptors (Lipinski definition) is 2. The van der Waals surface area contributed by atoms with Crippen molar-refractivity contribution in [2.24, 2.45) is 0 Å². The van der Waals surface area contributed by atoms with Crippen LogP contribution < -0.4 is 4.74 Å². The van der Waals surface area contributed by atoms with Gasteiger partial charge in [0.1, 0.15) is 0 Å². The maximum absolute atomic E-state index is 13.5. The number of halogens is 2. The van der Waals surface area contributed by atoms with E-state index in [2.05, 4.69) is 0 Å². The average molecular weight is 217 g/mol. The van der Waals surface area contributed by atoms with Crippen LogP contribution in [0, 0.1) is 5.82 Å². The Morgan fingerprint density at radius 2 is 2.29 bits per heavy atom. The van der Waals surface area contributed by atoms with Gasteiger partial charge in [-0.2, -0.15) is 0 Å². The SMILES string of the molecule is OC1CCCOc2c1ccc(Cl)c2F. The molecule has 0 bridgehead atoms. The van der Waals surface area contributed by atoms with Crippen molar-refractivity contribution in [3.05, 3.63) is 28.5 Å². The predicted octanol–water partition coefficient (Wildman–Crippen LogP) is 2.69. The first kappa shape index (κ1) is 9.74. The number of rotatable bonds is 0. The second-order valence-corrected chi connectivity index (χ2v) is 3.69. The molecule has 1 atom stereocenters. The van der Waals surface area contributed by atoms with Crippen molar-refractivity contribution in [3.63, 3.8) is 0 Å². The molecule has 76 valence electrons. The van der Waals surface area contributed by atoms with Gasteiger partial charge in [-0.05, 0) is 18.9 Å². The molecule has 0 saturated carbocycles. The van der Waals surface area contributed by atoms with Crippen molar-refractivity contribution in [1.82, 2.24) is 0 Å². The molecule has 1 heterocycles. The van der Waals surface area contributed by atoms with Crippen molar-refractivity contribution in [3.8, 4) is 5.75 Å². The zero-order chi connectivity index (χ0) is 10.1. The first-order valence-electron chi connectivity index (χ1n) is 4.49. The van der Waals surface area contributed by atoms with Crippen LogP contribution in [0.25, 0.3) is 0 Å². The minimum atomic E-state index is -0.653. The van der Waals surface area contributed by atoms with Crippen LogP contribution in [0.5, 0.6) is 5.75 Å². The molecular formula is C10H10ClFO2. The topological polar surface area (TPSA) is 29.5 Å². The Balaban J connectivity index is 2.53. The standard InChI is InChI=1S/C10H10ClFO2/c11-7-4-3-6-8(13)2-1-5-14-10(6)9(7)12/h3-4,8,13H,1-2,5H2. The number of aliphatic hydroxyl groups excluding tert-OH is 1. The van der Waals surface area contributed by atoms with Crippen molar-refractivity contribution in [1.29, 1.82) is 0 Å². The third-order valence-corrected chi connectivity index (χ3v) is 2.60. The maximum Gasteiger partial charge on any atom is 0.183 e.